The van der Waals surface area contributed by atoms with Crippen molar-refractivity contribution >= 4 is 5.91 Å². The highest BCUT2D eigenvalue weighted by Crippen LogP contribution is 2.54. The van der Waals surface area contributed by atoms with Crippen molar-refractivity contribution in [3.63, 3.8) is 0 Å². The minimum Gasteiger partial charge on any atom is -0.378 e. The van der Waals surface area contributed by atoms with E-state index in [9.17, 15) is 4.79 Å². The maximum atomic E-state index is 12.5. The fourth-order valence-electron chi connectivity index (χ4n) is 4.64. The van der Waals surface area contributed by atoms with Gasteiger partial charge in [0.05, 0.1) is 18.8 Å². The van der Waals surface area contributed by atoms with E-state index in [4.69, 9.17) is 14.2 Å². The highest BCUT2D eigenvalue weighted by atomic mass is 16.5. The lowest BCUT2D eigenvalue weighted by molar-refractivity contribution is -0.152. The molecular formula is C19H33NO4. The van der Waals surface area contributed by atoms with Crippen molar-refractivity contribution in [2.45, 2.75) is 89.6 Å². The molecule has 1 heterocycles. The maximum Gasteiger partial charge on any atom is 0.249 e. The Morgan fingerprint density at radius 3 is 2.75 bits per heavy atom. The van der Waals surface area contributed by atoms with Crippen molar-refractivity contribution in [1.29, 1.82) is 0 Å². The molecule has 0 radical (unpaired) electrons. The molecule has 3 aliphatic rings. The van der Waals surface area contributed by atoms with E-state index in [1.54, 1.807) is 0 Å². The lowest BCUT2D eigenvalue weighted by Gasteiger charge is -2.54. The topological polar surface area (TPSA) is 56.8 Å². The average Bonchev–Trinajstić information content (AvgIpc) is 3.12. The van der Waals surface area contributed by atoms with Crippen LogP contribution in [0, 0.1) is 5.41 Å². The first-order chi connectivity index (χ1) is 11.7. The molecule has 3 rings (SSSR count). The van der Waals surface area contributed by atoms with E-state index in [0.717, 1.165) is 32.5 Å². The van der Waals surface area contributed by atoms with Gasteiger partial charge in [-0.1, -0.05) is 12.8 Å². The molecule has 3 fully saturated rings. The molecular weight excluding hydrogens is 306 g/mol. The summed E-state index contributed by atoms with van der Waals surface area (Å²) in [4.78, 5) is 12.5. The van der Waals surface area contributed by atoms with Gasteiger partial charge in [-0.25, -0.2) is 0 Å². The smallest absolute Gasteiger partial charge is 0.249 e. The van der Waals surface area contributed by atoms with Gasteiger partial charge in [0.25, 0.3) is 0 Å². The third-order valence-electron chi connectivity index (χ3n) is 6.18. The van der Waals surface area contributed by atoms with Gasteiger partial charge < -0.3 is 19.5 Å². The number of rotatable bonds is 7. The second-order valence-electron chi connectivity index (χ2n) is 7.65. The van der Waals surface area contributed by atoms with E-state index in [0.29, 0.717) is 12.7 Å². The van der Waals surface area contributed by atoms with E-state index in [-0.39, 0.29) is 23.5 Å². The Balaban J connectivity index is 1.45. The Morgan fingerprint density at radius 1 is 1.29 bits per heavy atom. The normalized spacial score (nSPS) is 33.2. The van der Waals surface area contributed by atoms with Gasteiger partial charge in [0.1, 0.15) is 6.10 Å². The van der Waals surface area contributed by atoms with Gasteiger partial charge in [-0.3, -0.25) is 4.79 Å². The van der Waals surface area contributed by atoms with E-state index in [2.05, 4.69) is 12.2 Å². The molecule has 1 amide bonds. The van der Waals surface area contributed by atoms with Crippen molar-refractivity contribution in [3.8, 4) is 0 Å². The summed E-state index contributed by atoms with van der Waals surface area (Å²) < 4.78 is 17.4. The van der Waals surface area contributed by atoms with Crippen LogP contribution in [0.3, 0.4) is 0 Å². The zero-order chi connectivity index (χ0) is 17.0. The molecule has 2 aliphatic carbocycles. The molecule has 5 heteroatoms. The second kappa shape index (κ2) is 8.15. The molecule has 1 saturated heterocycles. The van der Waals surface area contributed by atoms with Gasteiger partial charge in [-0.05, 0) is 52.4 Å². The number of nitrogens with one attached hydrogen (secondary N) is 1. The van der Waals surface area contributed by atoms with E-state index in [1.165, 1.54) is 32.1 Å². The van der Waals surface area contributed by atoms with Crippen molar-refractivity contribution in [1.82, 2.24) is 5.32 Å². The SMILES string of the molecule is CCO[C@@H]1C[C@H](NC(=O)[C@@H](C)OC[C@@H]2CCCCO2)C12CCCC2. The quantitative estimate of drug-likeness (QED) is 0.775. The molecule has 24 heavy (non-hydrogen) atoms. The van der Waals surface area contributed by atoms with Gasteiger partial charge in [-0.15, -0.1) is 0 Å². The highest BCUT2D eigenvalue weighted by Gasteiger charge is 2.57. The summed E-state index contributed by atoms with van der Waals surface area (Å²) in [6.45, 7) is 5.99. The van der Waals surface area contributed by atoms with Gasteiger partial charge in [-0.2, -0.15) is 0 Å². The van der Waals surface area contributed by atoms with Crippen LogP contribution in [0.15, 0.2) is 0 Å². The van der Waals surface area contributed by atoms with E-state index >= 15 is 0 Å². The van der Waals surface area contributed by atoms with Gasteiger partial charge in [0.15, 0.2) is 0 Å². The van der Waals surface area contributed by atoms with Crippen LogP contribution < -0.4 is 5.32 Å². The molecule has 0 aromatic rings. The molecule has 5 nitrogen and oxygen atoms in total. The summed E-state index contributed by atoms with van der Waals surface area (Å²) in [5, 5.41) is 3.24. The Bertz CT molecular complexity index is 416. The predicted octanol–water partition coefficient (Wildman–Crippen LogP) is 2.81. The molecule has 0 aromatic carbocycles. The Hall–Kier alpha value is -0.650. The second-order valence-corrected chi connectivity index (χ2v) is 7.65. The van der Waals surface area contributed by atoms with Crippen molar-refractivity contribution in [3.05, 3.63) is 0 Å². The molecule has 1 spiro atoms. The Morgan fingerprint density at radius 2 is 2.08 bits per heavy atom. The fraction of sp³-hybridized carbons (Fsp3) is 0.947. The molecule has 0 unspecified atom stereocenters. The number of hydrogen-bond donors (Lipinski definition) is 1. The molecule has 138 valence electrons. The maximum absolute atomic E-state index is 12.5. The molecule has 1 aliphatic heterocycles. The van der Waals surface area contributed by atoms with Crippen LogP contribution >= 0.6 is 0 Å². The summed E-state index contributed by atoms with van der Waals surface area (Å²) in [7, 11) is 0. The minimum absolute atomic E-state index is 0.0111. The van der Waals surface area contributed by atoms with Crippen LogP contribution in [-0.4, -0.2) is 50.1 Å². The number of carbonyl (C=O) groups excluding carboxylic acids is 1. The lowest BCUT2D eigenvalue weighted by atomic mass is 9.60. The predicted molar refractivity (Wildman–Crippen MR) is 91.9 cm³/mol. The first kappa shape index (κ1) is 18.2. The summed E-state index contributed by atoms with van der Waals surface area (Å²) in [5.41, 5.74) is 0.178. The summed E-state index contributed by atoms with van der Waals surface area (Å²) >= 11 is 0. The first-order valence-electron chi connectivity index (χ1n) is 9.81. The third kappa shape index (κ3) is 3.78. The van der Waals surface area contributed by atoms with Crippen molar-refractivity contribution in [2.24, 2.45) is 5.41 Å². The van der Waals surface area contributed by atoms with Crippen LogP contribution in [0.25, 0.3) is 0 Å². The highest BCUT2D eigenvalue weighted by molar-refractivity contribution is 5.80. The monoisotopic (exact) mass is 339 g/mol. The molecule has 4 atom stereocenters. The van der Waals surface area contributed by atoms with Crippen molar-refractivity contribution < 1.29 is 19.0 Å². The molecule has 1 N–H and O–H groups in total. The minimum atomic E-state index is -0.417. The third-order valence-corrected chi connectivity index (χ3v) is 6.18. The van der Waals surface area contributed by atoms with Gasteiger partial charge in [0.2, 0.25) is 5.91 Å². The molecule has 0 bridgehead atoms. The van der Waals surface area contributed by atoms with Crippen molar-refractivity contribution in [2.75, 3.05) is 19.8 Å². The van der Waals surface area contributed by atoms with Crippen LogP contribution in [0.1, 0.15) is 65.2 Å². The Kier molecular flexibility index (Phi) is 6.17. The summed E-state index contributed by atoms with van der Waals surface area (Å²) in [6, 6.07) is 0.251. The molecule has 2 saturated carbocycles. The largest absolute Gasteiger partial charge is 0.378 e. The number of carbonyl (C=O) groups is 1. The fourth-order valence-corrected chi connectivity index (χ4v) is 4.64. The Labute approximate surface area is 145 Å². The average molecular weight is 339 g/mol. The number of hydrogen-bond acceptors (Lipinski definition) is 4. The van der Waals surface area contributed by atoms with Gasteiger partial charge >= 0.3 is 0 Å². The lowest BCUT2D eigenvalue weighted by Crippen LogP contribution is -2.64. The standard InChI is InChI=1S/C19H33NO4/c1-3-22-17-12-16(19(17)9-5-6-10-19)20-18(21)14(2)24-13-15-8-4-7-11-23-15/h14-17H,3-13H2,1-2H3,(H,20,21)/t14-,15+,16+,17-/m1/s1. The summed E-state index contributed by atoms with van der Waals surface area (Å²) in [6.07, 6.45) is 9.22. The van der Waals surface area contributed by atoms with Crippen LogP contribution in [0.4, 0.5) is 0 Å². The van der Waals surface area contributed by atoms with E-state index < -0.39 is 6.10 Å². The number of amides is 1. The summed E-state index contributed by atoms with van der Waals surface area (Å²) in [5.74, 6) is 0.0111. The number of ether oxygens (including phenoxy) is 3. The van der Waals surface area contributed by atoms with Crippen LogP contribution in [0.2, 0.25) is 0 Å². The molecule has 0 aromatic heterocycles. The zero-order valence-electron chi connectivity index (χ0n) is 15.2. The zero-order valence-corrected chi connectivity index (χ0v) is 15.2. The van der Waals surface area contributed by atoms with E-state index in [1.807, 2.05) is 6.92 Å². The van der Waals surface area contributed by atoms with Crippen LogP contribution in [0.5, 0.6) is 0 Å². The van der Waals surface area contributed by atoms with Crippen LogP contribution in [-0.2, 0) is 19.0 Å². The first-order valence-corrected chi connectivity index (χ1v) is 9.81. The van der Waals surface area contributed by atoms with Gasteiger partial charge in [0, 0.05) is 24.7 Å².